The van der Waals surface area contributed by atoms with Gasteiger partial charge in [-0.05, 0) is 63.4 Å². The van der Waals surface area contributed by atoms with Gasteiger partial charge in [-0.1, -0.05) is 0 Å². The van der Waals surface area contributed by atoms with Crippen LogP contribution >= 0.6 is 0 Å². The monoisotopic (exact) mass is 405 g/mol. The summed E-state index contributed by atoms with van der Waals surface area (Å²) >= 11 is 0. The summed E-state index contributed by atoms with van der Waals surface area (Å²) in [5.74, 6) is 0.281. The molecular formula is C20H27N3O4S. The van der Waals surface area contributed by atoms with Crippen LogP contribution in [-0.2, 0) is 21.4 Å². The summed E-state index contributed by atoms with van der Waals surface area (Å²) in [6.45, 7) is 5.92. The molecule has 2 N–H and O–H groups in total. The van der Waals surface area contributed by atoms with Crippen molar-refractivity contribution < 1.29 is 17.6 Å². The van der Waals surface area contributed by atoms with E-state index in [0.29, 0.717) is 11.4 Å². The summed E-state index contributed by atoms with van der Waals surface area (Å²) in [5, 5.41) is 2.62. The molecule has 28 heavy (non-hydrogen) atoms. The van der Waals surface area contributed by atoms with Gasteiger partial charge in [0, 0.05) is 36.6 Å². The SMILES string of the molecule is Cc1cc(CNC(=O)CS(=O)(=O)Nc2ccc(N3CCCCC3)cc2)c(C)o1. The minimum atomic E-state index is -3.78. The molecule has 1 aliphatic heterocycles. The van der Waals surface area contributed by atoms with Crippen LogP contribution in [0.5, 0.6) is 0 Å². The normalized spacial score (nSPS) is 14.7. The van der Waals surface area contributed by atoms with Crippen molar-refractivity contribution in [3.8, 4) is 0 Å². The number of carbonyl (C=O) groups is 1. The fraction of sp³-hybridized carbons (Fsp3) is 0.450. The van der Waals surface area contributed by atoms with E-state index in [-0.39, 0.29) is 6.54 Å². The molecule has 152 valence electrons. The number of nitrogens with one attached hydrogen (secondary N) is 2. The molecule has 0 bridgehead atoms. The van der Waals surface area contributed by atoms with Crippen LogP contribution in [-0.4, -0.2) is 33.2 Å². The number of aryl methyl sites for hydroxylation is 2. The molecule has 1 saturated heterocycles. The lowest BCUT2D eigenvalue weighted by atomic mass is 10.1. The molecule has 0 aliphatic carbocycles. The zero-order valence-electron chi connectivity index (χ0n) is 16.3. The third kappa shape index (κ3) is 5.51. The van der Waals surface area contributed by atoms with Crippen LogP contribution in [0, 0.1) is 13.8 Å². The molecule has 1 aromatic carbocycles. The number of piperidine rings is 1. The second-order valence-corrected chi connectivity index (χ2v) is 8.89. The van der Waals surface area contributed by atoms with Crippen LogP contribution in [0.2, 0.25) is 0 Å². The predicted octanol–water partition coefficient (Wildman–Crippen LogP) is 2.94. The van der Waals surface area contributed by atoms with Gasteiger partial charge < -0.3 is 14.6 Å². The third-order valence-corrected chi connectivity index (χ3v) is 5.99. The lowest BCUT2D eigenvalue weighted by molar-refractivity contribution is -0.118. The zero-order valence-corrected chi connectivity index (χ0v) is 17.1. The maximum Gasteiger partial charge on any atom is 0.241 e. The molecular weight excluding hydrogens is 378 g/mol. The summed E-state index contributed by atoms with van der Waals surface area (Å²) in [6.07, 6.45) is 3.62. The van der Waals surface area contributed by atoms with Crippen molar-refractivity contribution in [1.82, 2.24) is 5.32 Å². The van der Waals surface area contributed by atoms with E-state index in [1.807, 2.05) is 25.1 Å². The number of carbonyl (C=O) groups excluding carboxylic acids is 1. The molecule has 0 radical (unpaired) electrons. The molecule has 0 unspecified atom stereocenters. The highest BCUT2D eigenvalue weighted by molar-refractivity contribution is 7.93. The Morgan fingerprint density at radius 2 is 1.79 bits per heavy atom. The van der Waals surface area contributed by atoms with Gasteiger partial charge in [0.25, 0.3) is 0 Å². The molecule has 1 aliphatic rings. The molecule has 3 rings (SSSR count). The number of amides is 1. The minimum absolute atomic E-state index is 0.238. The highest BCUT2D eigenvalue weighted by Gasteiger charge is 2.18. The van der Waals surface area contributed by atoms with Gasteiger partial charge in [0.2, 0.25) is 15.9 Å². The Hall–Kier alpha value is -2.48. The van der Waals surface area contributed by atoms with Crippen molar-refractivity contribution in [1.29, 1.82) is 0 Å². The first-order valence-corrected chi connectivity index (χ1v) is 11.2. The van der Waals surface area contributed by atoms with Crippen LogP contribution in [0.15, 0.2) is 34.7 Å². The van der Waals surface area contributed by atoms with Crippen LogP contribution < -0.4 is 14.9 Å². The fourth-order valence-corrected chi connectivity index (χ4v) is 4.40. The fourth-order valence-electron chi connectivity index (χ4n) is 3.38. The van der Waals surface area contributed by atoms with Gasteiger partial charge in [-0.25, -0.2) is 8.42 Å². The molecule has 1 amide bonds. The third-order valence-electron chi connectivity index (χ3n) is 4.80. The minimum Gasteiger partial charge on any atom is -0.466 e. The van der Waals surface area contributed by atoms with Crippen LogP contribution in [0.4, 0.5) is 11.4 Å². The average Bonchev–Trinajstić information content (AvgIpc) is 2.98. The van der Waals surface area contributed by atoms with Gasteiger partial charge in [0.15, 0.2) is 0 Å². The molecule has 2 heterocycles. The van der Waals surface area contributed by atoms with Crippen LogP contribution in [0.1, 0.15) is 36.3 Å². The van der Waals surface area contributed by atoms with Gasteiger partial charge in [-0.2, -0.15) is 0 Å². The Bertz CT molecular complexity index is 913. The molecule has 8 heteroatoms. The lowest BCUT2D eigenvalue weighted by Gasteiger charge is -2.28. The first kappa shape index (κ1) is 20.3. The molecule has 7 nitrogen and oxygen atoms in total. The van der Waals surface area contributed by atoms with Gasteiger partial charge in [0.05, 0.1) is 0 Å². The van der Waals surface area contributed by atoms with Gasteiger partial charge in [-0.15, -0.1) is 0 Å². The van der Waals surface area contributed by atoms with Crippen LogP contribution in [0.25, 0.3) is 0 Å². The van der Waals surface area contributed by atoms with Crippen molar-refractivity contribution in [3.05, 3.63) is 47.4 Å². The second-order valence-electron chi connectivity index (χ2n) is 7.17. The van der Waals surface area contributed by atoms with Gasteiger partial charge >= 0.3 is 0 Å². The highest BCUT2D eigenvalue weighted by Crippen LogP contribution is 2.22. The number of sulfonamides is 1. The van der Waals surface area contributed by atoms with E-state index in [2.05, 4.69) is 14.9 Å². The molecule has 0 saturated carbocycles. The summed E-state index contributed by atoms with van der Waals surface area (Å²) in [5.41, 5.74) is 2.38. The number of benzene rings is 1. The molecule has 0 atom stereocenters. The Morgan fingerprint density at radius 3 is 2.39 bits per heavy atom. The van der Waals surface area contributed by atoms with Crippen molar-refractivity contribution in [2.45, 2.75) is 39.7 Å². The Balaban J connectivity index is 1.52. The van der Waals surface area contributed by atoms with Crippen molar-refractivity contribution in [2.75, 3.05) is 28.5 Å². The number of anilines is 2. The summed E-state index contributed by atoms with van der Waals surface area (Å²) in [4.78, 5) is 14.3. The van der Waals surface area contributed by atoms with Crippen molar-refractivity contribution in [2.24, 2.45) is 0 Å². The molecule has 1 fully saturated rings. The number of furan rings is 1. The van der Waals surface area contributed by atoms with E-state index >= 15 is 0 Å². The van der Waals surface area contributed by atoms with Crippen molar-refractivity contribution >= 4 is 27.3 Å². The predicted molar refractivity (Wildman–Crippen MR) is 110 cm³/mol. The summed E-state index contributed by atoms with van der Waals surface area (Å²) < 4.78 is 32.4. The van der Waals surface area contributed by atoms with E-state index in [4.69, 9.17) is 4.42 Å². The number of rotatable bonds is 7. The van der Waals surface area contributed by atoms with E-state index in [1.165, 1.54) is 19.3 Å². The van der Waals surface area contributed by atoms with Gasteiger partial charge in [0.1, 0.15) is 17.3 Å². The van der Waals surface area contributed by atoms with E-state index in [9.17, 15) is 13.2 Å². The Labute approximate surface area is 166 Å². The molecule has 0 spiro atoms. The first-order chi connectivity index (χ1) is 13.3. The first-order valence-electron chi connectivity index (χ1n) is 9.50. The number of hydrogen-bond acceptors (Lipinski definition) is 5. The molecule has 1 aromatic heterocycles. The Kier molecular flexibility index (Phi) is 6.28. The second kappa shape index (κ2) is 8.68. The maximum atomic E-state index is 12.3. The summed E-state index contributed by atoms with van der Waals surface area (Å²) in [6, 6.07) is 9.11. The summed E-state index contributed by atoms with van der Waals surface area (Å²) in [7, 11) is -3.78. The highest BCUT2D eigenvalue weighted by atomic mass is 32.2. The number of nitrogens with zero attached hydrogens (tertiary/aromatic N) is 1. The smallest absolute Gasteiger partial charge is 0.241 e. The molecule has 2 aromatic rings. The van der Waals surface area contributed by atoms with Crippen LogP contribution in [0.3, 0.4) is 0 Å². The Morgan fingerprint density at radius 1 is 1.11 bits per heavy atom. The topological polar surface area (TPSA) is 91.6 Å². The van der Waals surface area contributed by atoms with E-state index in [1.54, 1.807) is 19.1 Å². The lowest BCUT2D eigenvalue weighted by Crippen LogP contribution is -2.32. The van der Waals surface area contributed by atoms with Gasteiger partial charge in [-0.3, -0.25) is 9.52 Å². The quantitative estimate of drug-likeness (QED) is 0.739. The zero-order chi connectivity index (χ0) is 20.1. The van der Waals surface area contributed by atoms with E-state index < -0.39 is 21.7 Å². The largest absolute Gasteiger partial charge is 0.466 e. The standard InChI is InChI=1S/C20H27N3O4S/c1-15-12-17(16(2)27-15)13-21-20(24)14-28(25,26)22-18-6-8-19(9-7-18)23-10-4-3-5-11-23/h6-9,12,22H,3-5,10-11,13-14H2,1-2H3,(H,21,24). The maximum absolute atomic E-state index is 12.3. The average molecular weight is 406 g/mol. The van der Waals surface area contributed by atoms with Crippen molar-refractivity contribution in [3.63, 3.8) is 0 Å². The number of hydrogen-bond donors (Lipinski definition) is 2. The van der Waals surface area contributed by atoms with E-state index in [0.717, 1.165) is 30.1 Å².